The molecule has 2 aromatic heterocycles. The number of aliphatic hydroxyl groups is 1. The fraction of sp³-hybridized carbons (Fsp3) is 0.200. The van der Waals surface area contributed by atoms with E-state index in [-0.39, 0.29) is 12.6 Å². The average molecular weight is 336 g/mol. The molecule has 0 fully saturated rings. The maximum Gasteiger partial charge on any atom is 0.322 e. The third kappa shape index (κ3) is 3.47. The summed E-state index contributed by atoms with van der Waals surface area (Å²) < 4.78 is 5.24. The normalized spacial score (nSPS) is 12.3. The van der Waals surface area contributed by atoms with Crippen LogP contribution in [0, 0.1) is 0 Å². The molecule has 114 valence electrons. The molecule has 0 radical (unpaired) electrons. The zero-order valence-corrected chi connectivity index (χ0v) is 13.1. The van der Waals surface area contributed by atoms with Gasteiger partial charge in [0.05, 0.1) is 6.04 Å². The lowest BCUT2D eigenvalue weighted by atomic mass is 10.2. The molecule has 0 bridgehead atoms. The molecule has 0 aliphatic heterocycles. The molecule has 0 spiro atoms. The first-order chi connectivity index (χ1) is 10.8. The topological polar surface area (TPSA) is 71.2 Å². The Kier molecular flexibility index (Phi) is 4.72. The lowest BCUT2D eigenvalue weighted by Crippen LogP contribution is -2.11. The Morgan fingerprint density at radius 1 is 1.32 bits per heavy atom. The summed E-state index contributed by atoms with van der Waals surface area (Å²) in [6, 6.07) is 11.5. The molecule has 5 nitrogen and oxygen atoms in total. The van der Waals surface area contributed by atoms with Gasteiger partial charge in [-0.25, -0.2) is 0 Å². The molecule has 0 aliphatic rings. The Morgan fingerprint density at radius 3 is 2.95 bits per heavy atom. The van der Waals surface area contributed by atoms with Crippen molar-refractivity contribution >= 4 is 29.0 Å². The summed E-state index contributed by atoms with van der Waals surface area (Å²) in [4.78, 5) is 5.44. The first kappa shape index (κ1) is 15.0. The predicted octanol–water partition coefficient (Wildman–Crippen LogP) is 3.99. The molecule has 0 amide bonds. The van der Waals surface area contributed by atoms with Gasteiger partial charge in [-0.15, -0.1) is 11.3 Å². The van der Waals surface area contributed by atoms with Gasteiger partial charge in [0.2, 0.25) is 5.82 Å². The van der Waals surface area contributed by atoms with Gasteiger partial charge in [0.15, 0.2) is 0 Å². The van der Waals surface area contributed by atoms with Crippen molar-refractivity contribution in [3.8, 4) is 11.4 Å². The second-order valence-corrected chi connectivity index (χ2v) is 6.07. The van der Waals surface area contributed by atoms with Crippen molar-refractivity contribution in [2.75, 3.05) is 11.9 Å². The Balaban J connectivity index is 1.78. The predicted molar refractivity (Wildman–Crippen MR) is 87.1 cm³/mol. The average Bonchev–Trinajstić information content (AvgIpc) is 3.18. The number of rotatable bonds is 6. The van der Waals surface area contributed by atoms with Crippen molar-refractivity contribution in [1.29, 1.82) is 0 Å². The molecule has 1 unspecified atom stereocenters. The number of aromatic nitrogens is 2. The summed E-state index contributed by atoms with van der Waals surface area (Å²) in [5, 5.41) is 18.9. The molecule has 22 heavy (non-hydrogen) atoms. The van der Waals surface area contributed by atoms with Gasteiger partial charge in [-0.3, -0.25) is 0 Å². The minimum atomic E-state index is -0.0577. The second-order valence-electron chi connectivity index (χ2n) is 4.66. The van der Waals surface area contributed by atoms with Crippen LogP contribution in [-0.2, 0) is 0 Å². The van der Waals surface area contributed by atoms with E-state index in [1.54, 1.807) is 23.5 Å². The second kappa shape index (κ2) is 6.91. The Bertz CT molecular complexity index is 730. The lowest BCUT2D eigenvalue weighted by molar-refractivity contribution is 0.279. The van der Waals surface area contributed by atoms with Crippen LogP contribution in [0.25, 0.3) is 11.4 Å². The van der Waals surface area contributed by atoms with Crippen molar-refractivity contribution in [2.45, 2.75) is 12.5 Å². The van der Waals surface area contributed by atoms with Crippen molar-refractivity contribution < 1.29 is 9.63 Å². The quantitative estimate of drug-likeness (QED) is 0.712. The zero-order chi connectivity index (χ0) is 15.4. The van der Waals surface area contributed by atoms with Gasteiger partial charge in [-0.05, 0) is 30.0 Å². The third-order valence-corrected chi connectivity index (χ3v) is 4.33. The maximum absolute atomic E-state index is 9.21. The molecule has 0 aliphatic carbocycles. The summed E-state index contributed by atoms with van der Waals surface area (Å²) in [7, 11) is 0. The summed E-state index contributed by atoms with van der Waals surface area (Å²) in [5.41, 5.74) is 0.791. The van der Waals surface area contributed by atoms with E-state index in [0.29, 0.717) is 23.3 Å². The van der Waals surface area contributed by atoms with E-state index >= 15 is 0 Å². The maximum atomic E-state index is 9.21. The van der Waals surface area contributed by atoms with E-state index in [1.165, 1.54) is 0 Å². The number of nitrogens with zero attached hydrogens (tertiary/aromatic N) is 2. The number of benzene rings is 1. The number of hydrogen-bond donors (Lipinski definition) is 2. The molecular formula is C15H14ClN3O2S. The van der Waals surface area contributed by atoms with Crippen LogP contribution in [0.15, 0.2) is 46.3 Å². The largest absolute Gasteiger partial charge is 0.396 e. The fourth-order valence-electron chi connectivity index (χ4n) is 2.08. The van der Waals surface area contributed by atoms with Crippen LogP contribution in [0.5, 0.6) is 0 Å². The lowest BCUT2D eigenvalue weighted by Gasteiger charge is -2.13. The molecule has 3 rings (SSSR count). The van der Waals surface area contributed by atoms with E-state index in [9.17, 15) is 5.11 Å². The van der Waals surface area contributed by atoms with E-state index in [1.807, 2.05) is 29.6 Å². The number of hydrogen-bond acceptors (Lipinski definition) is 6. The number of halogens is 1. The fourth-order valence-corrected chi connectivity index (χ4v) is 3.08. The van der Waals surface area contributed by atoms with Crippen LogP contribution in [0.1, 0.15) is 17.3 Å². The van der Waals surface area contributed by atoms with Gasteiger partial charge in [-0.2, -0.15) is 4.98 Å². The highest BCUT2D eigenvalue weighted by Gasteiger charge is 2.16. The van der Waals surface area contributed by atoms with E-state index in [0.717, 1.165) is 10.4 Å². The molecule has 0 saturated heterocycles. The Morgan fingerprint density at radius 2 is 2.23 bits per heavy atom. The van der Waals surface area contributed by atoms with Gasteiger partial charge >= 0.3 is 6.01 Å². The van der Waals surface area contributed by atoms with Gasteiger partial charge < -0.3 is 14.9 Å². The van der Waals surface area contributed by atoms with Gasteiger partial charge in [0.1, 0.15) is 0 Å². The molecule has 1 aromatic carbocycles. The van der Waals surface area contributed by atoms with Crippen molar-refractivity contribution in [1.82, 2.24) is 10.1 Å². The van der Waals surface area contributed by atoms with Crippen LogP contribution < -0.4 is 5.32 Å². The first-order valence-electron chi connectivity index (χ1n) is 6.76. The van der Waals surface area contributed by atoms with Crippen molar-refractivity contribution in [3.05, 3.63) is 51.7 Å². The van der Waals surface area contributed by atoms with Crippen molar-refractivity contribution in [3.63, 3.8) is 0 Å². The van der Waals surface area contributed by atoms with Gasteiger partial charge in [-0.1, -0.05) is 35.0 Å². The monoisotopic (exact) mass is 335 g/mol. The van der Waals surface area contributed by atoms with Crippen LogP contribution >= 0.6 is 22.9 Å². The van der Waals surface area contributed by atoms with E-state index < -0.39 is 0 Å². The first-order valence-corrected chi connectivity index (χ1v) is 8.02. The van der Waals surface area contributed by atoms with E-state index in [4.69, 9.17) is 16.1 Å². The van der Waals surface area contributed by atoms with Crippen LogP contribution in [0.4, 0.5) is 6.01 Å². The van der Waals surface area contributed by atoms with Crippen LogP contribution in [0.3, 0.4) is 0 Å². The number of thiophene rings is 1. The highest BCUT2D eigenvalue weighted by Crippen LogP contribution is 2.27. The Labute approximate surface area is 136 Å². The molecule has 0 saturated carbocycles. The SMILES string of the molecule is OCCC(Nc1nc(-c2cccc(Cl)c2)no1)c1cccs1. The molecule has 2 N–H and O–H groups in total. The molecule has 3 aromatic rings. The molecular weight excluding hydrogens is 322 g/mol. The van der Waals surface area contributed by atoms with Crippen LogP contribution in [0.2, 0.25) is 5.02 Å². The van der Waals surface area contributed by atoms with Crippen molar-refractivity contribution in [2.24, 2.45) is 0 Å². The zero-order valence-electron chi connectivity index (χ0n) is 11.6. The highest BCUT2D eigenvalue weighted by atomic mass is 35.5. The molecule has 1 atom stereocenters. The number of aliphatic hydroxyl groups excluding tert-OH is 1. The van der Waals surface area contributed by atoms with E-state index in [2.05, 4.69) is 15.5 Å². The number of anilines is 1. The highest BCUT2D eigenvalue weighted by molar-refractivity contribution is 7.10. The van der Waals surface area contributed by atoms with Gasteiger partial charge in [0.25, 0.3) is 0 Å². The summed E-state index contributed by atoms with van der Waals surface area (Å²) in [5.74, 6) is 0.471. The minimum absolute atomic E-state index is 0.0577. The van der Waals surface area contributed by atoms with Crippen LogP contribution in [-0.4, -0.2) is 21.9 Å². The summed E-state index contributed by atoms with van der Waals surface area (Å²) >= 11 is 7.58. The Hall–Kier alpha value is -1.89. The number of nitrogens with one attached hydrogen (secondary N) is 1. The minimum Gasteiger partial charge on any atom is -0.396 e. The summed E-state index contributed by atoms with van der Waals surface area (Å²) in [6.45, 7) is 0.0743. The molecule has 7 heteroatoms. The third-order valence-electron chi connectivity index (χ3n) is 3.11. The molecule has 2 heterocycles. The standard InChI is InChI=1S/C15H14ClN3O2S/c16-11-4-1-3-10(9-11)14-18-15(21-19-14)17-12(6-7-20)13-5-2-8-22-13/h1-5,8-9,12,20H,6-7H2,(H,17,18,19). The summed E-state index contributed by atoms with van der Waals surface area (Å²) in [6.07, 6.45) is 0.565. The van der Waals surface area contributed by atoms with Gasteiger partial charge in [0, 0.05) is 22.1 Å². The smallest absolute Gasteiger partial charge is 0.322 e.